The maximum absolute atomic E-state index is 11.5. The summed E-state index contributed by atoms with van der Waals surface area (Å²) in [7, 11) is 0. The molecule has 98 valence electrons. The van der Waals surface area contributed by atoms with E-state index in [0.717, 1.165) is 31.4 Å². The van der Waals surface area contributed by atoms with Crippen LogP contribution in [0.1, 0.15) is 42.4 Å². The zero-order chi connectivity index (χ0) is 13.1. The Kier molecular flexibility index (Phi) is 4.05. The molecule has 0 aromatic heterocycles. The molecule has 0 saturated heterocycles. The van der Waals surface area contributed by atoms with Crippen molar-refractivity contribution >= 4 is 5.78 Å². The molecule has 1 aromatic rings. The lowest BCUT2D eigenvalue weighted by molar-refractivity contribution is -0.121. The van der Waals surface area contributed by atoms with Crippen molar-refractivity contribution in [2.24, 2.45) is 5.92 Å². The second kappa shape index (κ2) is 5.55. The zero-order valence-electron chi connectivity index (χ0n) is 11.6. The monoisotopic (exact) mass is 246 g/mol. The lowest BCUT2D eigenvalue weighted by atomic mass is 10.0. The summed E-state index contributed by atoms with van der Waals surface area (Å²) in [4.78, 5) is 11.5. The van der Waals surface area contributed by atoms with E-state index in [1.807, 2.05) is 0 Å². The van der Waals surface area contributed by atoms with Crippen molar-refractivity contribution < 1.29 is 9.53 Å². The van der Waals surface area contributed by atoms with Crippen LogP contribution in [0.3, 0.4) is 0 Å². The van der Waals surface area contributed by atoms with Crippen molar-refractivity contribution in [3.8, 4) is 5.75 Å². The molecule has 1 aliphatic rings. The second-order valence-corrected chi connectivity index (χ2v) is 5.42. The first-order valence-corrected chi connectivity index (χ1v) is 6.81. The summed E-state index contributed by atoms with van der Waals surface area (Å²) < 4.78 is 5.88. The molecule has 0 bridgehead atoms. The van der Waals surface area contributed by atoms with Crippen LogP contribution in [0.15, 0.2) is 12.1 Å². The largest absolute Gasteiger partial charge is 0.493 e. The van der Waals surface area contributed by atoms with E-state index in [1.165, 1.54) is 16.7 Å². The first-order valence-electron chi connectivity index (χ1n) is 6.81. The number of hydrogen-bond donors (Lipinski definition) is 0. The van der Waals surface area contributed by atoms with Crippen LogP contribution in [0.5, 0.6) is 5.75 Å². The van der Waals surface area contributed by atoms with Gasteiger partial charge in [0.25, 0.3) is 0 Å². The van der Waals surface area contributed by atoms with Crippen molar-refractivity contribution in [3.63, 3.8) is 0 Å². The van der Waals surface area contributed by atoms with E-state index >= 15 is 0 Å². The second-order valence-electron chi connectivity index (χ2n) is 5.42. The van der Waals surface area contributed by atoms with Crippen LogP contribution < -0.4 is 4.74 Å². The van der Waals surface area contributed by atoms with Crippen LogP contribution in [0.25, 0.3) is 0 Å². The minimum absolute atomic E-state index is 0.246. The molecule has 2 rings (SSSR count). The predicted molar refractivity (Wildman–Crippen MR) is 73.1 cm³/mol. The van der Waals surface area contributed by atoms with Gasteiger partial charge in [0.15, 0.2) is 0 Å². The maximum atomic E-state index is 11.5. The van der Waals surface area contributed by atoms with Gasteiger partial charge in [0.1, 0.15) is 11.5 Å². The third-order valence-corrected chi connectivity index (χ3v) is 3.75. The average Bonchev–Trinajstić information content (AvgIpc) is 2.68. The Morgan fingerprint density at radius 2 is 1.89 bits per heavy atom. The number of benzene rings is 1. The quantitative estimate of drug-likeness (QED) is 0.808. The molecule has 1 fully saturated rings. The molecule has 2 heteroatoms. The molecule has 0 N–H and O–H groups in total. The van der Waals surface area contributed by atoms with Gasteiger partial charge >= 0.3 is 0 Å². The molecule has 1 atom stereocenters. The average molecular weight is 246 g/mol. The van der Waals surface area contributed by atoms with Gasteiger partial charge in [-0.3, -0.25) is 4.79 Å². The van der Waals surface area contributed by atoms with Crippen molar-refractivity contribution in [2.45, 2.75) is 46.5 Å². The molecule has 0 amide bonds. The predicted octanol–water partition coefficient (Wildman–Crippen LogP) is 3.75. The van der Waals surface area contributed by atoms with E-state index in [0.29, 0.717) is 12.4 Å². The van der Waals surface area contributed by atoms with E-state index in [-0.39, 0.29) is 5.92 Å². The topological polar surface area (TPSA) is 26.3 Å². The van der Waals surface area contributed by atoms with E-state index in [9.17, 15) is 4.79 Å². The highest BCUT2D eigenvalue weighted by atomic mass is 16.5. The minimum Gasteiger partial charge on any atom is -0.493 e. The van der Waals surface area contributed by atoms with Crippen molar-refractivity contribution in [1.82, 2.24) is 0 Å². The molecule has 0 spiro atoms. The van der Waals surface area contributed by atoms with Gasteiger partial charge in [-0.1, -0.05) is 17.7 Å². The molecule has 1 unspecified atom stereocenters. The molecule has 0 aliphatic heterocycles. The van der Waals surface area contributed by atoms with Crippen LogP contribution in [-0.4, -0.2) is 12.4 Å². The van der Waals surface area contributed by atoms with Gasteiger partial charge < -0.3 is 4.74 Å². The Morgan fingerprint density at radius 1 is 1.22 bits per heavy atom. The van der Waals surface area contributed by atoms with Crippen LogP contribution in [0.4, 0.5) is 0 Å². The van der Waals surface area contributed by atoms with Gasteiger partial charge in [-0.25, -0.2) is 0 Å². The van der Waals surface area contributed by atoms with Crippen molar-refractivity contribution in [2.75, 3.05) is 6.61 Å². The fraction of sp³-hybridized carbons (Fsp3) is 0.562. The first-order chi connectivity index (χ1) is 8.58. The van der Waals surface area contributed by atoms with Crippen LogP contribution in [0.2, 0.25) is 0 Å². The highest BCUT2D eigenvalue weighted by Crippen LogP contribution is 2.27. The molecule has 2 nitrogen and oxygen atoms in total. The molecule has 1 aromatic carbocycles. The Morgan fingerprint density at radius 3 is 2.44 bits per heavy atom. The smallest absolute Gasteiger partial charge is 0.136 e. The van der Waals surface area contributed by atoms with E-state index < -0.39 is 0 Å². The third-order valence-electron chi connectivity index (χ3n) is 3.75. The summed E-state index contributed by atoms with van der Waals surface area (Å²) >= 11 is 0. The summed E-state index contributed by atoms with van der Waals surface area (Å²) in [5, 5.41) is 0. The van der Waals surface area contributed by atoms with Gasteiger partial charge in [0, 0.05) is 12.3 Å². The van der Waals surface area contributed by atoms with Crippen molar-refractivity contribution in [3.05, 3.63) is 28.8 Å². The zero-order valence-corrected chi connectivity index (χ0v) is 11.6. The number of hydrogen-bond acceptors (Lipinski definition) is 2. The number of ketones is 1. The van der Waals surface area contributed by atoms with Gasteiger partial charge in [-0.05, 0) is 51.2 Å². The standard InChI is InChI=1S/C16H22O2/c1-11-9-12(2)16(13(3)10-11)18-8-7-14-5-4-6-15(14)17/h9-10,14H,4-8H2,1-3H3. The summed E-state index contributed by atoms with van der Waals surface area (Å²) in [5.74, 6) is 1.66. The number of rotatable bonds is 4. The fourth-order valence-corrected chi connectivity index (χ4v) is 2.89. The molecular weight excluding hydrogens is 224 g/mol. The van der Waals surface area contributed by atoms with Crippen molar-refractivity contribution in [1.29, 1.82) is 0 Å². The molecule has 0 radical (unpaired) electrons. The molecule has 1 aliphatic carbocycles. The van der Waals surface area contributed by atoms with Gasteiger partial charge in [-0.2, -0.15) is 0 Å². The van der Waals surface area contributed by atoms with E-state index in [2.05, 4.69) is 32.9 Å². The number of Topliss-reactive ketones (excluding diaryl/α,β-unsaturated/α-hetero) is 1. The Hall–Kier alpha value is -1.31. The maximum Gasteiger partial charge on any atom is 0.136 e. The normalized spacial score (nSPS) is 19.3. The lowest BCUT2D eigenvalue weighted by Gasteiger charge is -2.14. The first kappa shape index (κ1) is 13.1. The summed E-state index contributed by atoms with van der Waals surface area (Å²) in [6, 6.07) is 4.28. The van der Waals surface area contributed by atoms with E-state index in [1.54, 1.807) is 0 Å². The summed E-state index contributed by atoms with van der Waals surface area (Å²) in [6.07, 6.45) is 3.75. The number of ether oxygens (including phenoxy) is 1. The number of carbonyl (C=O) groups is 1. The van der Waals surface area contributed by atoms with Gasteiger partial charge in [0.05, 0.1) is 6.61 Å². The molecular formula is C16H22O2. The van der Waals surface area contributed by atoms with E-state index in [4.69, 9.17) is 4.74 Å². The highest BCUT2D eigenvalue weighted by Gasteiger charge is 2.24. The highest BCUT2D eigenvalue weighted by molar-refractivity contribution is 5.82. The number of aryl methyl sites for hydroxylation is 3. The molecule has 18 heavy (non-hydrogen) atoms. The molecule has 0 heterocycles. The fourth-order valence-electron chi connectivity index (χ4n) is 2.89. The summed E-state index contributed by atoms with van der Waals surface area (Å²) in [5.41, 5.74) is 3.64. The third kappa shape index (κ3) is 2.92. The summed E-state index contributed by atoms with van der Waals surface area (Å²) in [6.45, 7) is 6.91. The van der Waals surface area contributed by atoms with Gasteiger partial charge in [0.2, 0.25) is 0 Å². The van der Waals surface area contributed by atoms with Crippen LogP contribution in [0, 0.1) is 26.7 Å². The van der Waals surface area contributed by atoms with Crippen LogP contribution >= 0.6 is 0 Å². The van der Waals surface area contributed by atoms with Crippen LogP contribution in [-0.2, 0) is 4.79 Å². The Labute approximate surface area is 109 Å². The lowest BCUT2D eigenvalue weighted by Crippen LogP contribution is -2.11. The molecule has 1 saturated carbocycles. The Bertz CT molecular complexity index is 425. The van der Waals surface area contributed by atoms with Gasteiger partial charge in [-0.15, -0.1) is 0 Å². The SMILES string of the molecule is Cc1cc(C)c(OCCC2CCCC2=O)c(C)c1. The minimum atomic E-state index is 0.246. The number of carbonyl (C=O) groups excluding carboxylic acids is 1. The Balaban J connectivity index is 1.92.